The number of hydrogen-bond acceptors (Lipinski definition) is 4. The molecule has 116 valence electrons. The first kappa shape index (κ1) is 15.6. The van der Waals surface area contributed by atoms with Gasteiger partial charge in [0.25, 0.3) is 5.92 Å². The fraction of sp³-hybridized carbons (Fsp3) is 0.538. The summed E-state index contributed by atoms with van der Waals surface area (Å²) in [5.74, 6) is -3.10. The van der Waals surface area contributed by atoms with Crippen LogP contribution < -0.4 is 4.90 Å². The Morgan fingerprint density at radius 2 is 2.19 bits per heavy atom. The van der Waals surface area contributed by atoms with Crippen molar-refractivity contribution in [3.8, 4) is 0 Å². The summed E-state index contributed by atoms with van der Waals surface area (Å²) in [6.07, 6.45) is -0.999. The maximum atomic E-state index is 13.4. The van der Waals surface area contributed by atoms with Crippen LogP contribution in [0.2, 0.25) is 0 Å². The van der Waals surface area contributed by atoms with Crippen LogP contribution >= 0.6 is 0 Å². The SMILES string of the molecule is CCOC1C(O)N(c2cc(C(C)(F)F)ccn2)C(=O)N1C. The van der Waals surface area contributed by atoms with Gasteiger partial charge in [0.15, 0.2) is 12.5 Å². The number of likely N-dealkylation sites (N-methyl/N-ethyl adjacent to an activating group) is 1. The van der Waals surface area contributed by atoms with E-state index in [9.17, 15) is 18.7 Å². The molecular formula is C13H17F2N3O3. The molecule has 21 heavy (non-hydrogen) atoms. The fourth-order valence-corrected chi connectivity index (χ4v) is 2.14. The second-order valence-electron chi connectivity index (χ2n) is 4.81. The van der Waals surface area contributed by atoms with Gasteiger partial charge in [-0.15, -0.1) is 0 Å². The number of carbonyl (C=O) groups is 1. The minimum Gasteiger partial charge on any atom is -0.369 e. The Bertz CT molecular complexity index is 536. The van der Waals surface area contributed by atoms with E-state index >= 15 is 0 Å². The zero-order valence-corrected chi connectivity index (χ0v) is 12.0. The summed E-state index contributed by atoms with van der Waals surface area (Å²) in [5.41, 5.74) is -0.282. The van der Waals surface area contributed by atoms with Gasteiger partial charge in [0.1, 0.15) is 5.82 Å². The first-order valence-electron chi connectivity index (χ1n) is 6.47. The van der Waals surface area contributed by atoms with Gasteiger partial charge < -0.3 is 9.84 Å². The highest BCUT2D eigenvalue weighted by Crippen LogP contribution is 2.31. The minimum atomic E-state index is -3.06. The molecule has 2 unspecified atom stereocenters. The van der Waals surface area contributed by atoms with Crippen LogP contribution in [0, 0.1) is 0 Å². The average Bonchev–Trinajstić information content (AvgIpc) is 2.62. The Labute approximate surface area is 120 Å². The number of halogens is 2. The molecule has 1 aliphatic heterocycles. The summed E-state index contributed by atoms with van der Waals surface area (Å²) < 4.78 is 32.0. The van der Waals surface area contributed by atoms with E-state index in [1.807, 2.05) is 0 Å². The minimum absolute atomic E-state index is 0.0411. The monoisotopic (exact) mass is 301 g/mol. The molecule has 2 heterocycles. The van der Waals surface area contributed by atoms with E-state index in [2.05, 4.69) is 4.98 Å². The predicted octanol–water partition coefficient (Wildman–Crippen LogP) is 1.75. The van der Waals surface area contributed by atoms with Crippen molar-refractivity contribution in [3.05, 3.63) is 23.9 Å². The summed E-state index contributed by atoms with van der Waals surface area (Å²) in [6.45, 7) is 2.78. The van der Waals surface area contributed by atoms with Crippen molar-refractivity contribution in [3.63, 3.8) is 0 Å². The van der Waals surface area contributed by atoms with Crippen LogP contribution in [0.15, 0.2) is 18.3 Å². The van der Waals surface area contributed by atoms with E-state index in [0.717, 1.165) is 17.9 Å². The summed E-state index contributed by atoms with van der Waals surface area (Å²) in [4.78, 5) is 18.2. The third kappa shape index (κ3) is 2.81. The van der Waals surface area contributed by atoms with Crippen molar-refractivity contribution in [2.75, 3.05) is 18.6 Å². The van der Waals surface area contributed by atoms with Crippen LogP contribution in [0.5, 0.6) is 0 Å². The number of pyridine rings is 1. The molecule has 1 aromatic rings. The number of ether oxygens (including phenoxy) is 1. The average molecular weight is 301 g/mol. The van der Waals surface area contributed by atoms with Gasteiger partial charge in [0.2, 0.25) is 0 Å². The second kappa shape index (κ2) is 5.53. The van der Waals surface area contributed by atoms with E-state index in [1.54, 1.807) is 6.92 Å². The molecule has 2 rings (SSSR count). The topological polar surface area (TPSA) is 65.9 Å². The summed E-state index contributed by atoms with van der Waals surface area (Å²) in [5, 5.41) is 10.2. The maximum absolute atomic E-state index is 13.4. The van der Waals surface area contributed by atoms with Crippen molar-refractivity contribution in [2.45, 2.75) is 32.2 Å². The number of aliphatic hydroxyl groups excluding tert-OH is 1. The zero-order chi connectivity index (χ0) is 15.8. The summed E-state index contributed by atoms with van der Waals surface area (Å²) in [6, 6.07) is 1.69. The van der Waals surface area contributed by atoms with Gasteiger partial charge in [-0.05, 0) is 19.1 Å². The molecule has 1 N–H and O–H groups in total. The van der Waals surface area contributed by atoms with E-state index in [0.29, 0.717) is 6.61 Å². The van der Waals surface area contributed by atoms with Crippen molar-refractivity contribution in [1.82, 2.24) is 9.88 Å². The van der Waals surface area contributed by atoms with Gasteiger partial charge in [-0.2, -0.15) is 0 Å². The van der Waals surface area contributed by atoms with Crippen LogP contribution in [-0.4, -0.2) is 47.1 Å². The molecule has 0 spiro atoms. The molecule has 1 fully saturated rings. The van der Waals surface area contributed by atoms with E-state index in [4.69, 9.17) is 4.74 Å². The van der Waals surface area contributed by atoms with Crippen LogP contribution in [0.1, 0.15) is 19.4 Å². The lowest BCUT2D eigenvalue weighted by atomic mass is 10.1. The summed E-state index contributed by atoms with van der Waals surface area (Å²) >= 11 is 0. The number of amides is 2. The molecule has 0 aliphatic carbocycles. The number of carbonyl (C=O) groups excluding carboxylic acids is 1. The van der Waals surface area contributed by atoms with Crippen molar-refractivity contribution < 1.29 is 23.4 Å². The van der Waals surface area contributed by atoms with E-state index in [1.165, 1.54) is 24.2 Å². The van der Waals surface area contributed by atoms with Gasteiger partial charge >= 0.3 is 6.03 Å². The highest BCUT2D eigenvalue weighted by molar-refractivity contribution is 5.93. The third-order valence-corrected chi connectivity index (χ3v) is 3.25. The van der Waals surface area contributed by atoms with Crippen LogP contribution in [0.4, 0.5) is 19.4 Å². The van der Waals surface area contributed by atoms with Gasteiger partial charge in [-0.25, -0.2) is 23.5 Å². The van der Waals surface area contributed by atoms with Crippen LogP contribution in [0.25, 0.3) is 0 Å². The van der Waals surface area contributed by atoms with Gasteiger partial charge in [0.05, 0.1) is 0 Å². The number of nitrogens with zero attached hydrogens (tertiary/aromatic N) is 3. The number of aromatic nitrogens is 1. The van der Waals surface area contributed by atoms with Crippen molar-refractivity contribution in [2.24, 2.45) is 0 Å². The normalized spacial score (nSPS) is 23.0. The highest BCUT2D eigenvalue weighted by Gasteiger charge is 2.45. The lowest BCUT2D eigenvalue weighted by molar-refractivity contribution is -0.0688. The number of rotatable bonds is 4. The Hall–Kier alpha value is -1.80. The van der Waals surface area contributed by atoms with Gasteiger partial charge in [0, 0.05) is 32.3 Å². The molecule has 2 atom stereocenters. The van der Waals surface area contributed by atoms with Crippen LogP contribution in [0.3, 0.4) is 0 Å². The molecule has 1 saturated heterocycles. The Balaban J connectivity index is 2.36. The second-order valence-corrected chi connectivity index (χ2v) is 4.81. The first-order chi connectivity index (χ1) is 9.77. The summed E-state index contributed by atoms with van der Waals surface area (Å²) in [7, 11) is 1.46. The standard InChI is InChI=1S/C13H17F2N3O3/c1-4-21-11-10(19)18(12(20)17(11)3)9-7-8(5-6-16-9)13(2,14)15/h5-7,10-11,19H,4H2,1-3H3. The predicted molar refractivity (Wildman–Crippen MR) is 70.9 cm³/mol. The Kier molecular flexibility index (Phi) is 4.11. The van der Waals surface area contributed by atoms with Gasteiger partial charge in [-0.1, -0.05) is 0 Å². The molecule has 0 aromatic carbocycles. The highest BCUT2D eigenvalue weighted by atomic mass is 19.3. The van der Waals surface area contributed by atoms with E-state index < -0.39 is 24.4 Å². The molecule has 0 bridgehead atoms. The third-order valence-electron chi connectivity index (χ3n) is 3.25. The molecule has 2 amide bonds. The number of urea groups is 1. The lowest BCUT2D eigenvalue weighted by Gasteiger charge is -2.21. The smallest absolute Gasteiger partial charge is 0.329 e. The molecule has 8 heteroatoms. The first-order valence-corrected chi connectivity index (χ1v) is 6.47. The largest absolute Gasteiger partial charge is 0.369 e. The molecule has 0 saturated carbocycles. The molecule has 0 radical (unpaired) electrons. The number of aliphatic hydroxyl groups is 1. The zero-order valence-electron chi connectivity index (χ0n) is 12.0. The van der Waals surface area contributed by atoms with Crippen LogP contribution in [-0.2, 0) is 10.7 Å². The molecule has 1 aliphatic rings. The molecular weight excluding hydrogens is 284 g/mol. The van der Waals surface area contributed by atoms with Gasteiger partial charge in [-0.3, -0.25) is 4.90 Å². The quantitative estimate of drug-likeness (QED) is 0.920. The maximum Gasteiger partial charge on any atom is 0.329 e. The number of hydrogen-bond donors (Lipinski definition) is 1. The molecule has 6 nitrogen and oxygen atoms in total. The van der Waals surface area contributed by atoms with Crippen molar-refractivity contribution >= 4 is 11.8 Å². The number of alkyl halides is 2. The lowest BCUT2D eigenvalue weighted by Crippen LogP contribution is -2.38. The Morgan fingerprint density at radius 3 is 2.76 bits per heavy atom. The fourth-order valence-electron chi connectivity index (χ4n) is 2.14. The van der Waals surface area contributed by atoms with E-state index in [-0.39, 0.29) is 11.4 Å². The number of anilines is 1. The Morgan fingerprint density at radius 1 is 1.52 bits per heavy atom. The molecule has 1 aromatic heterocycles. The van der Waals surface area contributed by atoms with Crippen molar-refractivity contribution in [1.29, 1.82) is 0 Å².